The average molecular weight is 228 g/mol. The molecule has 15 heavy (non-hydrogen) atoms. The number of hydrogen-bond donors (Lipinski definition) is 1. The van der Waals surface area contributed by atoms with Crippen molar-refractivity contribution < 1.29 is 9.59 Å². The van der Waals surface area contributed by atoms with Gasteiger partial charge >= 0.3 is 0 Å². The predicted octanol–water partition coefficient (Wildman–Crippen LogP) is 0.838. The van der Waals surface area contributed by atoms with Crippen molar-refractivity contribution in [1.29, 1.82) is 0 Å². The zero-order valence-electron chi connectivity index (χ0n) is 9.08. The van der Waals surface area contributed by atoms with E-state index in [-0.39, 0.29) is 17.2 Å². The lowest BCUT2D eigenvalue weighted by molar-refractivity contribution is -0.152. The van der Waals surface area contributed by atoms with E-state index in [0.717, 1.165) is 0 Å². The normalized spacial score (nSPS) is 20.5. The Bertz CT molecular complexity index is 293. The van der Waals surface area contributed by atoms with Crippen LogP contribution in [-0.4, -0.2) is 28.2 Å². The van der Waals surface area contributed by atoms with E-state index in [9.17, 15) is 9.59 Å². The van der Waals surface area contributed by atoms with Crippen molar-refractivity contribution in [3.63, 3.8) is 0 Å². The molecule has 4 nitrogen and oxygen atoms in total. The van der Waals surface area contributed by atoms with Gasteiger partial charge in [-0.25, -0.2) is 0 Å². The zero-order valence-corrected chi connectivity index (χ0v) is 9.89. The third-order valence-electron chi connectivity index (χ3n) is 2.44. The van der Waals surface area contributed by atoms with Crippen molar-refractivity contribution >= 4 is 29.0 Å². The quantitative estimate of drug-likeness (QED) is 0.574. The van der Waals surface area contributed by atoms with Crippen molar-refractivity contribution in [2.45, 2.75) is 33.1 Å². The van der Waals surface area contributed by atoms with Crippen LogP contribution in [0.5, 0.6) is 0 Å². The molecule has 5 heteroatoms. The Morgan fingerprint density at radius 3 is 2.27 bits per heavy atom. The lowest BCUT2D eigenvalue weighted by Crippen LogP contribution is -2.47. The van der Waals surface area contributed by atoms with Crippen LogP contribution in [0.25, 0.3) is 0 Å². The molecule has 2 N–H and O–H groups in total. The first kappa shape index (κ1) is 12.1. The van der Waals surface area contributed by atoms with Gasteiger partial charge in [-0.1, -0.05) is 26.1 Å². The van der Waals surface area contributed by atoms with Crippen LogP contribution < -0.4 is 5.73 Å². The summed E-state index contributed by atoms with van der Waals surface area (Å²) < 4.78 is 0. The Morgan fingerprint density at radius 1 is 1.40 bits per heavy atom. The van der Waals surface area contributed by atoms with Crippen LogP contribution in [-0.2, 0) is 9.59 Å². The van der Waals surface area contributed by atoms with Crippen LogP contribution in [0, 0.1) is 5.41 Å². The number of amides is 2. The second-order valence-corrected chi connectivity index (χ2v) is 5.20. The van der Waals surface area contributed by atoms with Gasteiger partial charge in [0.15, 0.2) is 0 Å². The number of carbonyl (C=O) groups excluding carboxylic acids is 2. The highest BCUT2D eigenvalue weighted by Crippen LogP contribution is 2.31. The first-order valence-corrected chi connectivity index (χ1v) is 5.34. The molecule has 1 aliphatic heterocycles. The molecule has 1 rings (SSSR count). The van der Waals surface area contributed by atoms with Gasteiger partial charge in [-0.3, -0.25) is 14.5 Å². The number of carbonyl (C=O) groups is 2. The highest BCUT2D eigenvalue weighted by atomic mass is 32.1. The Morgan fingerprint density at radius 2 is 1.87 bits per heavy atom. The Labute approximate surface area is 94.8 Å². The molecule has 0 atom stereocenters. The highest BCUT2D eigenvalue weighted by Gasteiger charge is 2.36. The molecule has 0 unspecified atom stereocenters. The van der Waals surface area contributed by atoms with Crippen molar-refractivity contribution in [3.05, 3.63) is 0 Å². The summed E-state index contributed by atoms with van der Waals surface area (Å²) in [5.41, 5.74) is 5.12. The maximum absolute atomic E-state index is 11.7. The summed E-state index contributed by atoms with van der Waals surface area (Å²) in [6, 6.07) is 0. The summed E-state index contributed by atoms with van der Waals surface area (Å²) in [5.74, 6) is -0.236. The second kappa shape index (κ2) is 4.26. The fourth-order valence-electron chi connectivity index (χ4n) is 1.68. The van der Waals surface area contributed by atoms with E-state index in [2.05, 4.69) is 0 Å². The van der Waals surface area contributed by atoms with Gasteiger partial charge in [0.05, 0.1) is 4.99 Å². The van der Waals surface area contributed by atoms with Crippen LogP contribution >= 0.6 is 12.2 Å². The first-order chi connectivity index (χ1) is 6.82. The number of rotatable bonds is 3. The topological polar surface area (TPSA) is 63.4 Å². The van der Waals surface area contributed by atoms with E-state index in [1.807, 2.05) is 13.8 Å². The molecule has 0 aliphatic carbocycles. The van der Waals surface area contributed by atoms with E-state index < -0.39 is 0 Å². The van der Waals surface area contributed by atoms with E-state index in [1.165, 1.54) is 4.90 Å². The van der Waals surface area contributed by atoms with Gasteiger partial charge < -0.3 is 5.73 Å². The monoisotopic (exact) mass is 228 g/mol. The van der Waals surface area contributed by atoms with Gasteiger partial charge in [-0.2, -0.15) is 0 Å². The van der Waals surface area contributed by atoms with Crippen molar-refractivity contribution in [2.75, 3.05) is 6.54 Å². The fourth-order valence-corrected chi connectivity index (χ4v) is 1.77. The summed E-state index contributed by atoms with van der Waals surface area (Å²) in [6.45, 7) is 4.17. The number of likely N-dealkylation sites (tertiary alicyclic amines) is 1. The number of hydrogen-bond acceptors (Lipinski definition) is 3. The summed E-state index contributed by atoms with van der Waals surface area (Å²) in [6.07, 6.45) is 1.24. The van der Waals surface area contributed by atoms with Gasteiger partial charge in [0.1, 0.15) is 0 Å². The Balaban J connectivity index is 2.63. The zero-order chi connectivity index (χ0) is 11.6. The molecule has 84 valence electrons. The molecule has 0 aromatic heterocycles. The minimum atomic E-state index is -0.214. The second-order valence-electron chi connectivity index (χ2n) is 4.67. The van der Waals surface area contributed by atoms with E-state index >= 15 is 0 Å². The molecular formula is C10H16N2O2S. The lowest BCUT2D eigenvalue weighted by Gasteiger charge is -2.34. The fraction of sp³-hybridized carbons (Fsp3) is 0.700. The third kappa shape index (κ3) is 3.27. The molecule has 0 spiro atoms. The average Bonchev–Trinajstić information content (AvgIpc) is 1.98. The maximum Gasteiger partial charge on any atom is 0.229 e. The molecule has 1 saturated heterocycles. The van der Waals surface area contributed by atoms with E-state index in [4.69, 9.17) is 18.0 Å². The van der Waals surface area contributed by atoms with Crippen LogP contribution in [0.15, 0.2) is 0 Å². The van der Waals surface area contributed by atoms with Gasteiger partial charge in [0.2, 0.25) is 11.8 Å². The van der Waals surface area contributed by atoms with Gasteiger partial charge in [-0.15, -0.1) is 0 Å². The van der Waals surface area contributed by atoms with Crippen LogP contribution in [0.4, 0.5) is 0 Å². The SMILES string of the molecule is CC1(C)CC(=O)N(CCC(N)=S)C(=O)C1. The minimum absolute atomic E-state index is 0.118. The number of nitrogens with zero attached hydrogens (tertiary/aromatic N) is 1. The van der Waals surface area contributed by atoms with E-state index in [1.54, 1.807) is 0 Å². The van der Waals surface area contributed by atoms with Crippen LogP contribution in [0.2, 0.25) is 0 Å². The molecule has 1 fully saturated rings. The van der Waals surface area contributed by atoms with Gasteiger partial charge in [0, 0.05) is 25.8 Å². The molecule has 0 radical (unpaired) electrons. The Hall–Kier alpha value is -0.970. The summed E-state index contributed by atoms with van der Waals surface area (Å²) >= 11 is 4.71. The van der Waals surface area contributed by atoms with Gasteiger partial charge in [0.25, 0.3) is 0 Å². The smallest absolute Gasteiger partial charge is 0.229 e. The molecule has 1 aliphatic rings. The number of nitrogens with two attached hydrogens (primary N) is 1. The summed E-state index contributed by atoms with van der Waals surface area (Å²) in [5, 5.41) is 0. The van der Waals surface area contributed by atoms with Crippen LogP contribution in [0.1, 0.15) is 33.1 Å². The van der Waals surface area contributed by atoms with Crippen molar-refractivity contribution in [1.82, 2.24) is 4.90 Å². The largest absolute Gasteiger partial charge is 0.393 e. The van der Waals surface area contributed by atoms with E-state index in [0.29, 0.717) is 30.8 Å². The summed E-state index contributed by atoms with van der Waals surface area (Å²) in [7, 11) is 0. The predicted molar refractivity (Wildman–Crippen MR) is 61.1 cm³/mol. The summed E-state index contributed by atoms with van der Waals surface area (Å²) in [4.78, 5) is 24.9. The number of thiocarbonyl (C=S) groups is 1. The molecular weight excluding hydrogens is 212 g/mol. The molecule has 2 amide bonds. The first-order valence-electron chi connectivity index (χ1n) is 4.93. The maximum atomic E-state index is 11.7. The van der Waals surface area contributed by atoms with Crippen molar-refractivity contribution in [2.24, 2.45) is 11.1 Å². The van der Waals surface area contributed by atoms with Crippen molar-refractivity contribution in [3.8, 4) is 0 Å². The standard InChI is InChI=1S/C10H16N2O2S/c1-10(2)5-8(13)12(9(14)6-10)4-3-7(11)15/h3-6H2,1-2H3,(H2,11,15). The number of imide groups is 1. The minimum Gasteiger partial charge on any atom is -0.393 e. The van der Waals surface area contributed by atoms with Crippen LogP contribution in [0.3, 0.4) is 0 Å². The molecule has 1 heterocycles. The number of piperidine rings is 1. The molecule has 0 aromatic carbocycles. The Kier molecular flexibility index (Phi) is 3.44. The molecule has 0 bridgehead atoms. The van der Waals surface area contributed by atoms with Gasteiger partial charge in [-0.05, 0) is 5.41 Å². The third-order valence-corrected chi connectivity index (χ3v) is 2.65. The molecule has 0 aromatic rings. The highest BCUT2D eigenvalue weighted by molar-refractivity contribution is 7.80. The molecule has 0 saturated carbocycles. The lowest BCUT2D eigenvalue weighted by atomic mass is 9.82.